The first-order chi connectivity index (χ1) is 9.51. The molecule has 100 valence electrons. The summed E-state index contributed by atoms with van der Waals surface area (Å²) in [6, 6.07) is 10.8. The molecule has 0 spiro atoms. The van der Waals surface area contributed by atoms with Gasteiger partial charge in [0.1, 0.15) is 17.6 Å². The number of carbonyl (C=O) groups is 1. The van der Waals surface area contributed by atoms with Gasteiger partial charge < -0.3 is 9.84 Å². The van der Waals surface area contributed by atoms with Gasteiger partial charge in [-0.25, -0.2) is 4.79 Å². The molecule has 6 heteroatoms. The highest BCUT2D eigenvalue weighted by Gasteiger charge is 2.12. The van der Waals surface area contributed by atoms with Crippen molar-refractivity contribution in [3.8, 4) is 17.6 Å². The van der Waals surface area contributed by atoms with Crippen molar-refractivity contribution in [2.75, 3.05) is 0 Å². The van der Waals surface area contributed by atoms with Crippen LogP contribution in [-0.4, -0.2) is 11.1 Å². The van der Waals surface area contributed by atoms with E-state index >= 15 is 0 Å². The molecule has 0 fully saturated rings. The second-order valence-corrected chi connectivity index (χ2v) is 4.64. The molecule has 2 rings (SSSR count). The summed E-state index contributed by atoms with van der Waals surface area (Å²) in [5, 5.41) is 18.5. The number of aromatic carboxylic acids is 1. The molecular formula is C14H7Cl2NO3. The second-order valence-electron chi connectivity index (χ2n) is 3.80. The average Bonchev–Trinajstić information content (AvgIpc) is 2.42. The average molecular weight is 308 g/mol. The van der Waals surface area contributed by atoms with Gasteiger partial charge in [0.05, 0.1) is 16.1 Å². The van der Waals surface area contributed by atoms with Crippen LogP contribution >= 0.6 is 23.2 Å². The lowest BCUT2D eigenvalue weighted by Crippen LogP contribution is -1.98. The number of ether oxygens (including phenoxy) is 1. The van der Waals surface area contributed by atoms with E-state index in [0.29, 0.717) is 5.02 Å². The number of rotatable bonds is 3. The van der Waals surface area contributed by atoms with E-state index < -0.39 is 5.97 Å². The van der Waals surface area contributed by atoms with Gasteiger partial charge >= 0.3 is 5.97 Å². The van der Waals surface area contributed by atoms with Gasteiger partial charge in [0.25, 0.3) is 0 Å². The maximum Gasteiger partial charge on any atom is 0.337 e. The van der Waals surface area contributed by atoms with E-state index in [1.165, 1.54) is 30.3 Å². The van der Waals surface area contributed by atoms with Crippen molar-refractivity contribution in [3.63, 3.8) is 0 Å². The highest BCUT2D eigenvalue weighted by molar-refractivity contribution is 6.33. The lowest BCUT2D eigenvalue weighted by Gasteiger charge is -2.09. The van der Waals surface area contributed by atoms with Crippen LogP contribution in [0.4, 0.5) is 0 Å². The smallest absolute Gasteiger partial charge is 0.337 e. The number of carboxylic acid groups (broad SMARTS) is 1. The van der Waals surface area contributed by atoms with Gasteiger partial charge in [-0.1, -0.05) is 23.2 Å². The largest absolute Gasteiger partial charge is 0.478 e. The van der Waals surface area contributed by atoms with Crippen LogP contribution in [0.5, 0.6) is 11.5 Å². The third-order valence-corrected chi connectivity index (χ3v) is 3.02. The molecule has 0 saturated heterocycles. The van der Waals surface area contributed by atoms with Crippen LogP contribution in [0.25, 0.3) is 0 Å². The maximum atomic E-state index is 11.0. The van der Waals surface area contributed by atoms with E-state index in [-0.39, 0.29) is 27.6 Å². The van der Waals surface area contributed by atoms with Gasteiger partial charge in [-0.05, 0) is 36.4 Å². The number of nitrogens with zero attached hydrogens (tertiary/aromatic N) is 1. The van der Waals surface area contributed by atoms with E-state index in [4.69, 9.17) is 38.3 Å². The van der Waals surface area contributed by atoms with Crippen LogP contribution in [0, 0.1) is 11.3 Å². The monoisotopic (exact) mass is 307 g/mol. The summed E-state index contributed by atoms with van der Waals surface area (Å²) in [6.07, 6.45) is 0. The molecule has 0 saturated carbocycles. The minimum atomic E-state index is -1.16. The molecule has 0 aliphatic carbocycles. The lowest BCUT2D eigenvalue weighted by molar-refractivity contribution is 0.0696. The summed E-state index contributed by atoms with van der Waals surface area (Å²) < 4.78 is 5.50. The predicted molar refractivity (Wildman–Crippen MR) is 74.7 cm³/mol. The van der Waals surface area contributed by atoms with Crippen molar-refractivity contribution in [1.82, 2.24) is 0 Å². The Bertz CT molecular complexity index is 723. The van der Waals surface area contributed by atoms with Crippen molar-refractivity contribution >= 4 is 29.2 Å². The van der Waals surface area contributed by atoms with Crippen LogP contribution in [0.2, 0.25) is 10.0 Å². The van der Waals surface area contributed by atoms with Gasteiger partial charge in [-0.3, -0.25) is 0 Å². The Balaban J connectivity index is 2.38. The van der Waals surface area contributed by atoms with E-state index in [1.54, 1.807) is 6.07 Å². The number of nitriles is 1. The minimum absolute atomic E-state index is 0.0726. The van der Waals surface area contributed by atoms with Crippen LogP contribution in [0.1, 0.15) is 15.9 Å². The molecule has 0 unspecified atom stereocenters. The topological polar surface area (TPSA) is 70.3 Å². The number of halogens is 2. The quantitative estimate of drug-likeness (QED) is 0.914. The first kappa shape index (κ1) is 14.2. The van der Waals surface area contributed by atoms with E-state index in [0.717, 1.165) is 0 Å². The molecule has 0 amide bonds. The van der Waals surface area contributed by atoms with Crippen molar-refractivity contribution in [3.05, 3.63) is 57.6 Å². The zero-order chi connectivity index (χ0) is 14.7. The number of hydrogen-bond donors (Lipinski definition) is 1. The fraction of sp³-hybridized carbons (Fsp3) is 0. The van der Waals surface area contributed by atoms with Gasteiger partial charge in [0.15, 0.2) is 0 Å². The fourth-order valence-electron chi connectivity index (χ4n) is 1.54. The Morgan fingerprint density at radius 3 is 2.60 bits per heavy atom. The van der Waals surface area contributed by atoms with Crippen LogP contribution in [-0.2, 0) is 0 Å². The Hall–Kier alpha value is -2.22. The van der Waals surface area contributed by atoms with Crippen LogP contribution in [0.15, 0.2) is 36.4 Å². The summed E-state index contributed by atoms with van der Waals surface area (Å²) in [6.45, 7) is 0. The van der Waals surface area contributed by atoms with Gasteiger partial charge in [-0.15, -0.1) is 0 Å². The molecule has 0 atom stereocenters. The van der Waals surface area contributed by atoms with E-state index in [1.807, 2.05) is 6.07 Å². The Kier molecular flexibility index (Phi) is 4.14. The molecule has 0 radical (unpaired) electrons. The van der Waals surface area contributed by atoms with Crippen molar-refractivity contribution in [2.45, 2.75) is 0 Å². The van der Waals surface area contributed by atoms with Crippen LogP contribution < -0.4 is 4.74 Å². The van der Waals surface area contributed by atoms with Crippen LogP contribution in [0.3, 0.4) is 0 Å². The van der Waals surface area contributed by atoms with E-state index in [2.05, 4.69) is 0 Å². The summed E-state index contributed by atoms with van der Waals surface area (Å²) in [4.78, 5) is 11.0. The highest BCUT2D eigenvalue weighted by Crippen LogP contribution is 2.29. The molecule has 2 aromatic rings. The summed E-state index contributed by atoms with van der Waals surface area (Å²) >= 11 is 11.6. The van der Waals surface area contributed by atoms with Gasteiger partial charge in [-0.2, -0.15) is 5.26 Å². The molecule has 2 aromatic carbocycles. The van der Waals surface area contributed by atoms with Crippen molar-refractivity contribution in [2.24, 2.45) is 0 Å². The second kappa shape index (κ2) is 5.83. The maximum absolute atomic E-state index is 11.0. The SMILES string of the molecule is N#Cc1cc(Cl)ccc1Oc1ccc(Cl)c(C(=O)O)c1. The molecule has 20 heavy (non-hydrogen) atoms. The highest BCUT2D eigenvalue weighted by atomic mass is 35.5. The summed E-state index contributed by atoms with van der Waals surface area (Å²) in [5.74, 6) is -0.599. The minimum Gasteiger partial charge on any atom is -0.478 e. The zero-order valence-corrected chi connectivity index (χ0v) is 11.4. The molecule has 4 nitrogen and oxygen atoms in total. The van der Waals surface area contributed by atoms with Gasteiger partial charge in [0.2, 0.25) is 0 Å². The molecule has 1 N–H and O–H groups in total. The van der Waals surface area contributed by atoms with E-state index in [9.17, 15) is 4.79 Å². The first-order valence-electron chi connectivity index (χ1n) is 5.41. The van der Waals surface area contributed by atoms with Gasteiger partial charge in [0, 0.05) is 5.02 Å². The Morgan fingerprint density at radius 2 is 1.95 bits per heavy atom. The fourth-order valence-corrected chi connectivity index (χ4v) is 1.91. The third kappa shape index (κ3) is 3.02. The zero-order valence-electron chi connectivity index (χ0n) is 9.93. The third-order valence-electron chi connectivity index (χ3n) is 2.46. The van der Waals surface area contributed by atoms with Crippen molar-refractivity contribution in [1.29, 1.82) is 5.26 Å². The number of hydrogen-bond acceptors (Lipinski definition) is 3. The normalized spacial score (nSPS) is 9.85. The first-order valence-corrected chi connectivity index (χ1v) is 6.17. The molecule has 0 aliphatic heterocycles. The molecule has 0 aliphatic rings. The standard InChI is InChI=1S/C14H7Cl2NO3/c15-9-1-4-13(8(5-9)7-17)20-10-2-3-12(16)11(6-10)14(18)19/h1-6H,(H,18,19). The Morgan fingerprint density at radius 1 is 1.20 bits per heavy atom. The molecule has 0 heterocycles. The molecular weight excluding hydrogens is 301 g/mol. The summed E-state index contributed by atoms with van der Waals surface area (Å²) in [7, 11) is 0. The number of benzene rings is 2. The lowest BCUT2D eigenvalue weighted by atomic mass is 10.2. The molecule has 0 aromatic heterocycles. The van der Waals surface area contributed by atoms with Crippen molar-refractivity contribution < 1.29 is 14.6 Å². The number of carboxylic acids is 1. The Labute approximate surface area is 124 Å². The molecule has 0 bridgehead atoms. The predicted octanol–water partition coefficient (Wildman–Crippen LogP) is 4.36. The summed E-state index contributed by atoms with van der Waals surface area (Å²) in [5.41, 5.74) is 0.181.